The molecule has 1 amide bonds. The molecule has 2 N–H and O–H groups in total. The molecule has 2 atom stereocenters. The molecule has 0 aliphatic carbocycles. The van der Waals surface area contributed by atoms with E-state index in [1.165, 1.54) is 11.3 Å². The zero-order valence-corrected chi connectivity index (χ0v) is 14.5. The Morgan fingerprint density at radius 3 is 2.96 bits per heavy atom. The predicted octanol–water partition coefficient (Wildman–Crippen LogP) is 2.57. The van der Waals surface area contributed by atoms with Gasteiger partial charge < -0.3 is 20.0 Å². The van der Waals surface area contributed by atoms with Crippen molar-refractivity contribution in [3.63, 3.8) is 0 Å². The smallest absolute Gasteiger partial charge is 0.254 e. The molecule has 5 nitrogen and oxygen atoms in total. The van der Waals surface area contributed by atoms with Crippen LogP contribution in [0.2, 0.25) is 0 Å². The maximum absolute atomic E-state index is 12.4. The van der Waals surface area contributed by atoms with Gasteiger partial charge >= 0.3 is 0 Å². The molecular weight excluding hydrogens is 302 g/mol. The van der Waals surface area contributed by atoms with E-state index in [0.717, 1.165) is 6.42 Å². The van der Waals surface area contributed by atoms with Crippen LogP contribution in [0, 0.1) is 0 Å². The lowest BCUT2D eigenvalue weighted by Crippen LogP contribution is -2.37. The number of fused-ring (bicyclic) bond motifs is 1. The third-order valence-corrected chi connectivity index (χ3v) is 4.71. The zero-order chi connectivity index (χ0) is 17.1. The average Bonchev–Trinajstić information content (AvgIpc) is 3.17. The molecule has 1 aromatic heterocycles. The van der Waals surface area contributed by atoms with E-state index in [0.29, 0.717) is 30.5 Å². The summed E-state index contributed by atoms with van der Waals surface area (Å²) < 4.78 is 5.63. The molecule has 0 fully saturated rings. The van der Waals surface area contributed by atoms with Gasteiger partial charge in [0.1, 0.15) is 5.76 Å². The molecule has 2 unspecified atom stereocenters. The number of hydrogen-bond donors (Lipinski definition) is 2. The van der Waals surface area contributed by atoms with Crippen LogP contribution < -0.4 is 15.5 Å². The molecule has 3 rings (SSSR count). The van der Waals surface area contributed by atoms with Gasteiger partial charge in [-0.3, -0.25) is 4.79 Å². The van der Waals surface area contributed by atoms with E-state index in [4.69, 9.17) is 4.42 Å². The lowest BCUT2D eigenvalue weighted by Gasteiger charge is -2.24. The highest BCUT2D eigenvalue weighted by Gasteiger charge is 2.27. The Balaban J connectivity index is 1.73. The van der Waals surface area contributed by atoms with Crippen molar-refractivity contribution < 1.29 is 9.21 Å². The fourth-order valence-electron chi connectivity index (χ4n) is 3.13. The van der Waals surface area contributed by atoms with Crippen LogP contribution in [0.15, 0.2) is 41.0 Å². The molecule has 0 radical (unpaired) electrons. The SMILES string of the molecule is CNC(C)CNC(=O)c1ccoc1CN1c2ccccc2CC1C. The van der Waals surface area contributed by atoms with Gasteiger partial charge in [-0.1, -0.05) is 18.2 Å². The minimum Gasteiger partial charge on any atom is -0.467 e. The van der Waals surface area contributed by atoms with Gasteiger partial charge in [-0.15, -0.1) is 0 Å². The highest BCUT2D eigenvalue weighted by molar-refractivity contribution is 5.95. The first-order valence-electron chi connectivity index (χ1n) is 8.46. The second kappa shape index (κ2) is 7.09. The minimum atomic E-state index is -0.0824. The van der Waals surface area contributed by atoms with Gasteiger partial charge in [0.15, 0.2) is 0 Å². The summed E-state index contributed by atoms with van der Waals surface area (Å²) in [6, 6.07) is 10.8. The van der Waals surface area contributed by atoms with E-state index in [1.807, 2.05) is 14.0 Å². The van der Waals surface area contributed by atoms with E-state index in [2.05, 4.69) is 46.7 Å². The molecule has 1 aromatic carbocycles. The molecule has 0 bridgehead atoms. The van der Waals surface area contributed by atoms with Gasteiger partial charge in [0.2, 0.25) is 0 Å². The number of para-hydroxylation sites is 1. The van der Waals surface area contributed by atoms with Gasteiger partial charge in [0, 0.05) is 24.3 Å². The number of carbonyl (C=O) groups is 1. The van der Waals surface area contributed by atoms with Crippen LogP contribution in [0.3, 0.4) is 0 Å². The van der Waals surface area contributed by atoms with Crippen LogP contribution in [-0.2, 0) is 13.0 Å². The fourth-order valence-corrected chi connectivity index (χ4v) is 3.13. The molecular formula is C19H25N3O2. The van der Waals surface area contributed by atoms with E-state index in [1.54, 1.807) is 12.3 Å². The normalized spacial score (nSPS) is 17.6. The van der Waals surface area contributed by atoms with E-state index >= 15 is 0 Å². The molecule has 0 spiro atoms. The third kappa shape index (κ3) is 3.31. The van der Waals surface area contributed by atoms with Crippen molar-refractivity contribution in [3.8, 4) is 0 Å². The summed E-state index contributed by atoms with van der Waals surface area (Å²) in [7, 11) is 1.88. The maximum Gasteiger partial charge on any atom is 0.254 e. The molecule has 1 aliphatic heterocycles. The number of furan rings is 1. The lowest BCUT2D eigenvalue weighted by atomic mass is 10.1. The minimum absolute atomic E-state index is 0.0824. The van der Waals surface area contributed by atoms with Crippen molar-refractivity contribution in [2.45, 2.75) is 38.9 Å². The van der Waals surface area contributed by atoms with Gasteiger partial charge in [-0.2, -0.15) is 0 Å². The second-order valence-electron chi connectivity index (χ2n) is 6.47. The Hall–Kier alpha value is -2.27. The average molecular weight is 327 g/mol. The van der Waals surface area contributed by atoms with E-state index in [9.17, 15) is 4.79 Å². The lowest BCUT2D eigenvalue weighted by molar-refractivity contribution is 0.0948. The van der Waals surface area contributed by atoms with Crippen LogP contribution in [0.25, 0.3) is 0 Å². The van der Waals surface area contributed by atoms with E-state index in [-0.39, 0.29) is 11.9 Å². The topological polar surface area (TPSA) is 57.5 Å². The third-order valence-electron chi connectivity index (χ3n) is 4.71. The van der Waals surface area contributed by atoms with Gasteiger partial charge in [0.25, 0.3) is 5.91 Å². The van der Waals surface area contributed by atoms with Gasteiger partial charge in [-0.05, 0) is 45.0 Å². The first-order chi connectivity index (χ1) is 11.6. The largest absolute Gasteiger partial charge is 0.467 e. The highest BCUT2D eigenvalue weighted by Crippen LogP contribution is 2.33. The summed E-state index contributed by atoms with van der Waals surface area (Å²) in [6.45, 7) is 5.43. The van der Waals surface area contributed by atoms with Crippen LogP contribution >= 0.6 is 0 Å². The summed E-state index contributed by atoms with van der Waals surface area (Å²) in [4.78, 5) is 14.7. The number of likely N-dealkylation sites (N-methyl/N-ethyl adjacent to an activating group) is 1. The zero-order valence-electron chi connectivity index (χ0n) is 14.5. The Bertz CT molecular complexity index is 710. The number of amides is 1. The number of hydrogen-bond acceptors (Lipinski definition) is 4. The molecule has 128 valence electrons. The second-order valence-corrected chi connectivity index (χ2v) is 6.47. The Morgan fingerprint density at radius 2 is 2.17 bits per heavy atom. The molecule has 0 saturated heterocycles. The number of nitrogens with zero attached hydrogens (tertiary/aromatic N) is 1. The summed E-state index contributed by atoms with van der Waals surface area (Å²) >= 11 is 0. The van der Waals surface area contributed by atoms with Crippen molar-refractivity contribution in [1.82, 2.24) is 10.6 Å². The first-order valence-corrected chi connectivity index (χ1v) is 8.46. The summed E-state index contributed by atoms with van der Waals surface area (Å²) in [5.74, 6) is 0.633. The molecule has 2 heterocycles. The predicted molar refractivity (Wildman–Crippen MR) is 95.4 cm³/mol. The van der Waals surface area contributed by atoms with Crippen LogP contribution in [0.4, 0.5) is 5.69 Å². The highest BCUT2D eigenvalue weighted by atomic mass is 16.3. The fraction of sp³-hybridized carbons (Fsp3) is 0.421. The molecule has 1 aliphatic rings. The quantitative estimate of drug-likeness (QED) is 0.856. The van der Waals surface area contributed by atoms with Crippen molar-refractivity contribution in [2.24, 2.45) is 0 Å². The van der Waals surface area contributed by atoms with Crippen LogP contribution in [0.5, 0.6) is 0 Å². The van der Waals surface area contributed by atoms with E-state index < -0.39 is 0 Å². The number of benzene rings is 1. The first kappa shape index (κ1) is 16.6. The van der Waals surface area contributed by atoms with Gasteiger partial charge in [-0.25, -0.2) is 0 Å². The standard InChI is InChI=1S/C19H25N3O2/c1-13(20-3)11-21-19(23)16-8-9-24-18(16)12-22-14(2)10-15-6-4-5-7-17(15)22/h4-9,13-14,20H,10-12H2,1-3H3,(H,21,23). The molecule has 2 aromatic rings. The van der Waals surface area contributed by atoms with Gasteiger partial charge in [0.05, 0.1) is 18.4 Å². The Kier molecular flexibility index (Phi) is 4.90. The molecule has 24 heavy (non-hydrogen) atoms. The Labute approximate surface area is 143 Å². The molecule has 0 saturated carbocycles. The number of rotatable bonds is 6. The van der Waals surface area contributed by atoms with Crippen LogP contribution in [-0.4, -0.2) is 31.6 Å². The number of carbonyl (C=O) groups excluding carboxylic acids is 1. The van der Waals surface area contributed by atoms with Crippen molar-refractivity contribution in [1.29, 1.82) is 0 Å². The maximum atomic E-state index is 12.4. The monoisotopic (exact) mass is 327 g/mol. The summed E-state index contributed by atoms with van der Waals surface area (Å²) in [5, 5.41) is 6.06. The van der Waals surface area contributed by atoms with Crippen molar-refractivity contribution >= 4 is 11.6 Å². The molecule has 5 heteroatoms. The van der Waals surface area contributed by atoms with Crippen molar-refractivity contribution in [2.75, 3.05) is 18.5 Å². The number of anilines is 1. The summed E-state index contributed by atoms with van der Waals surface area (Å²) in [6.07, 6.45) is 2.62. The van der Waals surface area contributed by atoms with Crippen LogP contribution in [0.1, 0.15) is 35.5 Å². The summed E-state index contributed by atoms with van der Waals surface area (Å²) in [5.41, 5.74) is 3.21. The number of nitrogens with one attached hydrogen (secondary N) is 2. The van der Waals surface area contributed by atoms with Crippen molar-refractivity contribution in [3.05, 3.63) is 53.5 Å². The Morgan fingerprint density at radius 1 is 1.38 bits per heavy atom.